The van der Waals surface area contributed by atoms with Crippen LogP contribution in [0.2, 0.25) is 0 Å². The average Bonchev–Trinajstić information content (AvgIpc) is 3.25. The molecule has 0 bridgehead atoms. The van der Waals surface area contributed by atoms with Crippen LogP contribution in [0.3, 0.4) is 0 Å². The SMILES string of the molecule is COc1c(F)c(-c2ccc(OCc3c(C)cccc3-n3nnn(C)c3=O)c(C)c2)nn1C. The average molecular weight is 438 g/mol. The largest absolute Gasteiger partial charge is 0.489 e. The predicted molar refractivity (Wildman–Crippen MR) is 116 cm³/mol. The van der Waals surface area contributed by atoms with Gasteiger partial charge in [-0.25, -0.2) is 9.48 Å². The van der Waals surface area contributed by atoms with Crippen LogP contribution in [0.15, 0.2) is 41.2 Å². The van der Waals surface area contributed by atoms with E-state index in [1.165, 1.54) is 21.2 Å². The molecule has 0 aliphatic heterocycles. The zero-order chi connectivity index (χ0) is 23.0. The van der Waals surface area contributed by atoms with E-state index in [1.807, 2.05) is 32.0 Å². The van der Waals surface area contributed by atoms with Gasteiger partial charge in [-0.15, -0.1) is 0 Å². The summed E-state index contributed by atoms with van der Waals surface area (Å²) < 4.78 is 29.5. The highest BCUT2D eigenvalue weighted by molar-refractivity contribution is 5.64. The van der Waals surface area contributed by atoms with Crippen LogP contribution < -0.4 is 15.2 Å². The summed E-state index contributed by atoms with van der Waals surface area (Å²) in [6, 6.07) is 10.9. The maximum atomic E-state index is 14.6. The molecule has 0 radical (unpaired) electrons. The van der Waals surface area contributed by atoms with E-state index in [0.717, 1.165) is 16.7 Å². The maximum absolute atomic E-state index is 14.6. The molecule has 4 rings (SSSR count). The fourth-order valence-electron chi connectivity index (χ4n) is 3.54. The molecule has 0 fully saturated rings. The Kier molecular flexibility index (Phi) is 5.52. The molecule has 0 unspecified atom stereocenters. The van der Waals surface area contributed by atoms with Crippen molar-refractivity contribution in [1.82, 2.24) is 29.6 Å². The van der Waals surface area contributed by atoms with Crippen LogP contribution in [-0.2, 0) is 20.7 Å². The smallest absolute Gasteiger partial charge is 0.368 e. The van der Waals surface area contributed by atoms with Crippen molar-refractivity contribution in [3.05, 3.63) is 69.4 Å². The molecule has 0 aliphatic rings. The number of ether oxygens (including phenoxy) is 2. The van der Waals surface area contributed by atoms with Crippen LogP contribution in [0.1, 0.15) is 16.7 Å². The van der Waals surface area contributed by atoms with Crippen LogP contribution in [0, 0.1) is 19.7 Å². The third-order valence-electron chi connectivity index (χ3n) is 5.29. The lowest BCUT2D eigenvalue weighted by Crippen LogP contribution is -2.23. The third kappa shape index (κ3) is 3.64. The number of nitrogens with zero attached hydrogens (tertiary/aromatic N) is 6. The van der Waals surface area contributed by atoms with Crippen LogP contribution in [0.5, 0.6) is 11.6 Å². The summed E-state index contributed by atoms with van der Waals surface area (Å²) in [5.41, 5.74) is 3.69. The highest BCUT2D eigenvalue weighted by atomic mass is 19.1. The van der Waals surface area contributed by atoms with Gasteiger partial charge < -0.3 is 9.47 Å². The van der Waals surface area contributed by atoms with E-state index < -0.39 is 5.82 Å². The zero-order valence-electron chi connectivity index (χ0n) is 18.5. The summed E-state index contributed by atoms with van der Waals surface area (Å²) in [5, 5.41) is 11.9. The number of aryl methyl sites for hydroxylation is 4. The molecule has 9 nitrogen and oxygen atoms in total. The molecule has 0 aliphatic carbocycles. The highest BCUT2D eigenvalue weighted by Crippen LogP contribution is 2.31. The first-order valence-corrected chi connectivity index (χ1v) is 9.90. The van der Waals surface area contributed by atoms with Gasteiger partial charge in [0.2, 0.25) is 11.7 Å². The quantitative estimate of drug-likeness (QED) is 0.460. The molecule has 0 spiro atoms. The van der Waals surface area contributed by atoms with Crippen LogP contribution in [0.25, 0.3) is 16.9 Å². The molecule has 2 aromatic heterocycles. The number of hydrogen-bond acceptors (Lipinski definition) is 6. The molecule has 0 saturated carbocycles. The lowest BCUT2D eigenvalue weighted by atomic mass is 10.1. The second-order valence-electron chi connectivity index (χ2n) is 7.43. The van der Waals surface area contributed by atoms with Crippen molar-refractivity contribution in [2.45, 2.75) is 20.5 Å². The summed E-state index contributed by atoms with van der Waals surface area (Å²) in [5.74, 6) is 0.198. The summed E-state index contributed by atoms with van der Waals surface area (Å²) >= 11 is 0. The number of aromatic nitrogens is 6. The molecular formula is C22H23FN6O3. The Labute approximate surface area is 183 Å². The van der Waals surface area contributed by atoms with Gasteiger partial charge in [-0.1, -0.05) is 12.1 Å². The van der Waals surface area contributed by atoms with Crippen LogP contribution in [-0.4, -0.2) is 36.7 Å². The van der Waals surface area contributed by atoms with E-state index in [2.05, 4.69) is 15.5 Å². The molecule has 166 valence electrons. The van der Waals surface area contributed by atoms with Crippen LogP contribution >= 0.6 is 0 Å². The molecule has 32 heavy (non-hydrogen) atoms. The summed E-state index contributed by atoms with van der Waals surface area (Å²) in [6.07, 6.45) is 0. The Morgan fingerprint density at radius 1 is 1.03 bits per heavy atom. The Hall–Kier alpha value is -3.95. The monoisotopic (exact) mass is 438 g/mol. The van der Waals surface area contributed by atoms with E-state index in [4.69, 9.17) is 9.47 Å². The lowest BCUT2D eigenvalue weighted by Gasteiger charge is -2.14. The van der Waals surface area contributed by atoms with E-state index in [1.54, 1.807) is 32.3 Å². The number of methoxy groups -OCH3 is 1. The fourth-order valence-corrected chi connectivity index (χ4v) is 3.54. The van der Waals surface area contributed by atoms with Gasteiger partial charge in [-0.3, -0.25) is 0 Å². The Bertz CT molecular complexity index is 1350. The third-order valence-corrected chi connectivity index (χ3v) is 5.29. The lowest BCUT2D eigenvalue weighted by molar-refractivity contribution is 0.302. The Morgan fingerprint density at radius 3 is 2.44 bits per heavy atom. The topological polar surface area (TPSA) is 89.0 Å². The van der Waals surface area contributed by atoms with E-state index in [9.17, 15) is 9.18 Å². The molecule has 2 aromatic carbocycles. The zero-order valence-corrected chi connectivity index (χ0v) is 18.5. The maximum Gasteiger partial charge on any atom is 0.368 e. The number of rotatable bonds is 6. The number of benzene rings is 2. The molecule has 10 heteroatoms. The van der Waals surface area contributed by atoms with Gasteiger partial charge in [0.05, 0.1) is 12.8 Å². The molecule has 2 heterocycles. The predicted octanol–water partition coefficient (Wildman–Crippen LogP) is 2.71. The molecule has 0 N–H and O–H groups in total. The Morgan fingerprint density at radius 2 is 1.81 bits per heavy atom. The first kappa shape index (κ1) is 21.3. The van der Waals surface area contributed by atoms with Gasteiger partial charge in [0.15, 0.2) is 0 Å². The Balaban J connectivity index is 1.62. The van der Waals surface area contributed by atoms with Gasteiger partial charge in [0.25, 0.3) is 0 Å². The van der Waals surface area contributed by atoms with Crippen molar-refractivity contribution >= 4 is 0 Å². The molecule has 0 atom stereocenters. The minimum atomic E-state index is -0.512. The van der Waals surface area contributed by atoms with Gasteiger partial charge >= 0.3 is 5.69 Å². The van der Waals surface area contributed by atoms with Crippen molar-refractivity contribution < 1.29 is 13.9 Å². The van der Waals surface area contributed by atoms with Gasteiger partial charge in [-0.2, -0.15) is 18.9 Å². The number of halogens is 1. The van der Waals surface area contributed by atoms with Gasteiger partial charge in [0.1, 0.15) is 18.1 Å². The first-order chi connectivity index (χ1) is 15.3. The first-order valence-electron chi connectivity index (χ1n) is 9.90. The minimum Gasteiger partial charge on any atom is -0.489 e. The van der Waals surface area contributed by atoms with Crippen molar-refractivity contribution in [1.29, 1.82) is 0 Å². The number of tetrazole rings is 1. The van der Waals surface area contributed by atoms with Gasteiger partial charge in [-0.05, 0) is 59.7 Å². The fraction of sp³-hybridized carbons (Fsp3) is 0.273. The van der Waals surface area contributed by atoms with Gasteiger partial charge in [0, 0.05) is 25.2 Å². The molecule has 0 amide bonds. The van der Waals surface area contributed by atoms with Crippen LogP contribution in [0.4, 0.5) is 4.39 Å². The highest BCUT2D eigenvalue weighted by Gasteiger charge is 2.19. The normalized spacial score (nSPS) is 11.1. The minimum absolute atomic E-state index is 0.0734. The van der Waals surface area contributed by atoms with E-state index in [0.29, 0.717) is 17.0 Å². The summed E-state index contributed by atoms with van der Waals surface area (Å²) in [4.78, 5) is 12.3. The molecular weight excluding hydrogens is 415 g/mol. The van der Waals surface area contributed by atoms with E-state index in [-0.39, 0.29) is 23.9 Å². The van der Waals surface area contributed by atoms with Crippen molar-refractivity contribution in [3.8, 4) is 28.6 Å². The van der Waals surface area contributed by atoms with Crippen molar-refractivity contribution in [2.24, 2.45) is 14.1 Å². The van der Waals surface area contributed by atoms with Crippen molar-refractivity contribution in [3.63, 3.8) is 0 Å². The standard InChI is InChI=1S/C22H23FN6O3/c1-13-7-6-8-17(29-22(30)28(4)25-26-29)16(13)12-32-18-10-9-15(11-14(18)2)20-19(23)21(31-5)27(3)24-20/h6-11H,12H2,1-5H3. The molecule has 4 aromatic rings. The second-order valence-corrected chi connectivity index (χ2v) is 7.43. The molecule has 0 saturated heterocycles. The summed E-state index contributed by atoms with van der Waals surface area (Å²) in [7, 11) is 4.57. The summed E-state index contributed by atoms with van der Waals surface area (Å²) in [6.45, 7) is 4.04. The van der Waals surface area contributed by atoms with Crippen molar-refractivity contribution in [2.75, 3.05) is 7.11 Å². The number of hydrogen-bond donors (Lipinski definition) is 0. The second kappa shape index (κ2) is 8.29. The van der Waals surface area contributed by atoms with E-state index >= 15 is 0 Å².